The lowest BCUT2D eigenvalue weighted by Gasteiger charge is -2.30. The number of fused-ring (bicyclic) bond motifs is 1. The lowest BCUT2D eigenvalue weighted by Crippen LogP contribution is -2.41. The van der Waals surface area contributed by atoms with E-state index in [9.17, 15) is 35.9 Å². The maximum Gasteiger partial charge on any atom is 0.416 e. The smallest absolute Gasteiger partial charge is 0.383 e. The first-order valence-corrected chi connectivity index (χ1v) is 12.2. The molecule has 1 aromatic heterocycles. The molecule has 0 aliphatic carbocycles. The van der Waals surface area contributed by atoms with Gasteiger partial charge in [-0.05, 0) is 49.4 Å². The van der Waals surface area contributed by atoms with Gasteiger partial charge in [-0.1, -0.05) is 30.3 Å². The van der Waals surface area contributed by atoms with Crippen molar-refractivity contribution in [1.29, 1.82) is 0 Å². The Balaban J connectivity index is 1.81. The maximum absolute atomic E-state index is 13.6. The number of halogens is 6. The van der Waals surface area contributed by atoms with Crippen molar-refractivity contribution in [3.63, 3.8) is 0 Å². The number of alkyl halides is 6. The van der Waals surface area contributed by atoms with Gasteiger partial charge in [-0.25, -0.2) is 9.78 Å². The van der Waals surface area contributed by atoms with Crippen LogP contribution >= 0.6 is 0 Å². The van der Waals surface area contributed by atoms with Crippen molar-refractivity contribution < 1.29 is 35.9 Å². The molecule has 0 saturated carbocycles. The number of urea groups is 1. The number of hydrogen-bond donors (Lipinski definition) is 1. The fraction of sp³-hybridized carbons (Fsp3) is 0.250. The molecule has 13 heteroatoms. The lowest BCUT2D eigenvalue weighted by molar-refractivity contribution is -0.143. The number of nitrogens with zero attached hydrogens (tertiary/aromatic N) is 3. The Bertz CT molecular complexity index is 1570. The second-order valence-electron chi connectivity index (χ2n) is 9.05. The molecule has 41 heavy (non-hydrogen) atoms. The van der Waals surface area contributed by atoms with Crippen molar-refractivity contribution >= 4 is 22.6 Å². The summed E-state index contributed by atoms with van der Waals surface area (Å²) in [5, 5.41) is 2.46. The largest absolute Gasteiger partial charge is 0.416 e. The van der Waals surface area contributed by atoms with Crippen LogP contribution in [0.4, 0.5) is 36.8 Å². The van der Waals surface area contributed by atoms with Gasteiger partial charge in [-0.2, -0.15) is 26.3 Å². The molecular weight excluding hydrogens is 554 g/mol. The molecule has 1 N–H and O–H groups in total. The molecule has 1 unspecified atom stereocenters. The quantitative estimate of drug-likeness (QED) is 0.249. The van der Waals surface area contributed by atoms with Crippen molar-refractivity contribution in [1.82, 2.24) is 14.5 Å². The van der Waals surface area contributed by atoms with E-state index in [0.29, 0.717) is 28.7 Å². The third-order valence-electron chi connectivity index (χ3n) is 6.29. The van der Waals surface area contributed by atoms with Crippen LogP contribution in [-0.2, 0) is 17.1 Å². The van der Waals surface area contributed by atoms with E-state index in [0.717, 1.165) is 4.90 Å². The highest BCUT2D eigenvalue weighted by Crippen LogP contribution is 2.37. The topological polar surface area (TPSA) is 76.5 Å². The summed E-state index contributed by atoms with van der Waals surface area (Å²) in [6.07, 6.45) is -10.2. The number of para-hydroxylation sites is 2. The minimum atomic E-state index is -5.09. The summed E-state index contributed by atoms with van der Waals surface area (Å²) in [4.78, 5) is 32.8. The Kier molecular flexibility index (Phi) is 8.38. The average Bonchev–Trinajstić information content (AvgIpc) is 2.92. The Hall–Kier alpha value is -4.39. The summed E-state index contributed by atoms with van der Waals surface area (Å²) in [6, 6.07) is 13.8. The van der Waals surface area contributed by atoms with Gasteiger partial charge < -0.3 is 15.0 Å². The number of carbonyl (C=O) groups is 1. The molecule has 0 fully saturated rings. The molecule has 4 rings (SSSR count). The average molecular weight is 579 g/mol. The molecule has 0 spiro atoms. The Morgan fingerprint density at radius 2 is 1.54 bits per heavy atom. The van der Waals surface area contributed by atoms with Crippen LogP contribution in [-0.4, -0.2) is 40.7 Å². The summed E-state index contributed by atoms with van der Waals surface area (Å²) in [5.41, 5.74) is -3.51. The Morgan fingerprint density at radius 3 is 2.12 bits per heavy atom. The number of anilines is 1. The fourth-order valence-electron chi connectivity index (χ4n) is 4.28. The van der Waals surface area contributed by atoms with Crippen molar-refractivity contribution in [2.75, 3.05) is 25.6 Å². The van der Waals surface area contributed by atoms with E-state index in [4.69, 9.17) is 4.74 Å². The standard InChI is InChI=1S/C28H24F6N4O3/c1-17(24-36-23-11-7-6-10-22(23)25(39)38(24)21-8-4-3-5-9-21)37(12-13-41-2)26(40)35-20-15-18(27(29,30)31)14-19(16-20)28(32,33)34/h3-11,14-17H,12-13H2,1-2H3,(H,35,40). The summed E-state index contributed by atoms with van der Waals surface area (Å²) in [6.45, 7) is 1.38. The van der Waals surface area contributed by atoms with Crippen molar-refractivity contribution in [2.24, 2.45) is 0 Å². The second-order valence-corrected chi connectivity index (χ2v) is 9.05. The van der Waals surface area contributed by atoms with Crippen molar-refractivity contribution in [3.05, 3.63) is 100 Å². The van der Waals surface area contributed by atoms with E-state index in [1.165, 1.54) is 11.7 Å². The third kappa shape index (κ3) is 6.51. The fourth-order valence-corrected chi connectivity index (χ4v) is 4.28. The minimum absolute atomic E-state index is 0.0292. The van der Waals surface area contributed by atoms with Gasteiger partial charge in [0, 0.05) is 19.3 Å². The molecule has 216 valence electrons. The van der Waals surface area contributed by atoms with E-state index >= 15 is 0 Å². The zero-order chi connectivity index (χ0) is 29.9. The molecule has 7 nitrogen and oxygen atoms in total. The highest BCUT2D eigenvalue weighted by molar-refractivity contribution is 5.90. The number of carbonyl (C=O) groups excluding carboxylic acids is 1. The minimum Gasteiger partial charge on any atom is -0.383 e. The summed E-state index contributed by atoms with van der Waals surface area (Å²) >= 11 is 0. The highest BCUT2D eigenvalue weighted by atomic mass is 19.4. The maximum atomic E-state index is 13.6. The first-order valence-electron chi connectivity index (χ1n) is 12.2. The number of hydrogen-bond acceptors (Lipinski definition) is 4. The van der Waals surface area contributed by atoms with Gasteiger partial charge in [0.15, 0.2) is 0 Å². The first-order chi connectivity index (χ1) is 19.3. The van der Waals surface area contributed by atoms with Gasteiger partial charge in [0.2, 0.25) is 0 Å². The van der Waals surface area contributed by atoms with Crippen LogP contribution in [0.1, 0.15) is 29.9 Å². The summed E-state index contributed by atoms with van der Waals surface area (Å²) < 4.78 is 86.6. The number of aromatic nitrogens is 2. The molecule has 0 radical (unpaired) electrons. The number of nitrogens with one attached hydrogen (secondary N) is 1. The number of ether oxygens (including phenoxy) is 1. The van der Waals surface area contributed by atoms with Crippen LogP contribution < -0.4 is 10.9 Å². The number of amides is 2. The van der Waals surface area contributed by atoms with Crippen LogP contribution in [0.3, 0.4) is 0 Å². The van der Waals surface area contributed by atoms with Crippen molar-refractivity contribution in [2.45, 2.75) is 25.3 Å². The lowest BCUT2D eigenvalue weighted by atomic mass is 10.1. The monoisotopic (exact) mass is 578 g/mol. The zero-order valence-electron chi connectivity index (χ0n) is 21.8. The summed E-state index contributed by atoms with van der Waals surface area (Å²) in [7, 11) is 1.36. The second kappa shape index (κ2) is 11.6. The Morgan fingerprint density at radius 1 is 0.951 bits per heavy atom. The van der Waals surface area contributed by atoms with E-state index in [2.05, 4.69) is 10.3 Å². The van der Waals surface area contributed by atoms with E-state index in [-0.39, 0.29) is 25.0 Å². The van der Waals surface area contributed by atoms with Crippen LogP contribution in [0.25, 0.3) is 16.6 Å². The molecule has 2 amide bonds. The summed E-state index contributed by atoms with van der Waals surface area (Å²) in [5.74, 6) is 0.117. The van der Waals surface area contributed by atoms with Crippen LogP contribution in [0.15, 0.2) is 77.6 Å². The predicted molar refractivity (Wildman–Crippen MR) is 140 cm³/mol. The van der Waals surface area contributed by atoms with Gasteiger partial charge >= 0.3 is 18.4 Å². The first kappa shape index (κ1) is 29.6. The molecule has 3 aromatic carbocycles. The van der Waals surface area contributed by atoms with Gasteiger partial charge in [0.05, 0.1) is 40.4 Å². The molecule has 0 aliphatic rings. The highest BCUT2D eigenvalue weighted by Gasteiger charge is 2.37. The molecule has 0 aliphatic heterocycles. The van der Waals surface area contributed by atoms with E-state index in [1.54, 1.807) is 61.5 Å². The molecule has 4 aromatic rings. The van der Waals surface area contributed by atoms with Gasteiger partial charge in [-0.3, -0.25) is 9.36 Å². The molecule has 1 atom stereocenters. The van der Waals surface area contributed by atoms with E-state index < -0.39 is 46.8 Å². The third-order valence-corrected chi connectivity index (χ3v) is 6.29. The predicted octanol–water partition coefficient (Wildman–Crippen LogP) is 6.66. The van der Waals surface area contributed by atoms with E-state index in [1.807, 2.05) is 0 Å². The number of methoxy groups -OCH3 is 1. The zero-order valence-corrected chi connectivity index (χ0v) is 21.8. The Labute approximate surface area is 230 Å². The SMILES string of the molecule is COCCN(C(=O)Nc1cc(C(F)(F)F)cc(C(F)(F)F)c1)C(C)c1nc2ccccc2c(=O)n1-c1ccccc1. The van der Waals surface area contributed by atoms with Gasteiger partial charge in [0.1, 0.15) is 5.82 Å². The normalized spacial score (nSPS) is 12.8. The van der Waals surface area contributed by atoms with Crippen molar-refractivity contribution in [3.8, 4) is 5.69 Å². The van der Waals surface area contributed by atoms with Gasteiger partial charge in [-0.15, -0.1) is 0 Å². The molecule has 0 saturated heterocycles. The van der Waals surface area contributed by atoms with Crippen LogP contribution in [0.2, 0.25) is 0 Å². The van der Waals surface area contributed by atoms with Crippen LogP contribution in [0, 0.1) is 0 Å². The van der Waals surface area contributed by atoms with Gasteiger partial charge in [0.25, 0.3) is 5.56 Å². The molecular formula is C28H24F6N4O3. The molecule has 0 bridgehead atoms. The number of rotatable bonds is 7. The van der Waals surface area contributed by atoms with Crippen LogP contribution in [0.5, 0.6) is 0 Å². The molecule has 1 heterocycles. The number of benzene rings is 3.